The number of methoxy groups -OCH3 is 1. The monoisotopic (exact) mass is 295 g/mol. The van der Waals surface area contributed by atoms with Crippen LogP contribution in [0.2, 0.25) is 0 Å². The van der Waals surface area contributed by atoms with E-state index in [1.165, 1.54) is 5.56 Å². The number of nitrogens with zero attached hydrogens (tertiary/aromatic N) is 4. The SMILES string of the molecule is COc1ccnc(NCCc2ccc(-n3cccn3)cc2)n1. The van der Waals surface area contributed by atoms with E-state index in [1.807, 2.05) is 16.9 Å². The van der Waals surface area contributed by atoms with Crippen LogP contribution in [-0.4, -0.2) is 33.4 Å². The second-order valence-corrected chi connectivity index (χ2v) is 4.72. The van der Waals surface area contributed by atoms with Crippen LogP contribution < -0.4 is 10.1 Å². The zero-order valence-electron chi connectivity index (χ0n) is 12.3. The molecular formula is C16H17N5O. The van der Waals surface area contributed by atoms with Crippen molar-refractivity contribution in [1.82, 2.24) is 19.7 Å². The first kappa shape index (κ1) is 14.1. The Kier molecular flexibility index (Phi) is 4.29. The molecule has 0 atom stereocenters. The molecule has 0 saturated heterocycles. The second kappa shape index (κ2) is 6.71. The van der Waals surface area contributed by atoms with Crippen LogP contribution in [-0.2, 0) is 6.42 Å². The predicted octanol–water partition coefficient (Wildman–Crippen LogP) is 2.33. The molecule has 0 unspecified atom stereocenters. The molecule has 112 valence electrons. The molecule has 0 aliphatic carbocycles. The fraction of sp³-hybridized carbons (Fsp3) is 0.188. The zero-order chi connectivity index (χ0) is 15.2. The van der Waals surface area contributed by atoms with Gasteiger partial charge in [0.2, 0.25) is 11.8 Å². The van der Waals surface area contributed by atoms with Crippen LogP contribution in [0.15, 0.2) is 55.0 Å². The molecule has 2 aromatic heterocycles. The third kappa shape index (κ3) is 3.41. The molecule has 0 bridgehead atoms. The van der Waals surface area contributed by atoms with Crippen molar-refractivity contribution in [3.05, 3.63) is 60.6 Å². The summed E-state index contributed by atoms with van der Waals surface area (Å²) < 4.78 is 6.91. The number of aromatic nitrogens is 4. The Morgan fingerprint density at radius 2 is 2.00 bits per heavy atom. The van der Waals surface area contributed by atoms with Crippen LogP contribution >= 0.6 is 0 Å². The summed E-state index contributed by atoms with van der Waals surface area (Å²) in [6, 6.07) is 12.0. The van der Waals surface area contributed by atoms with Crippen LogP contribution in [0.1, 0.15) is 5.56 Å². The number of benzene rings is 1. The van der Waals surface area contributed by atoms with Gasteiger partial charge < -0.3 is 10.1 Å². The summed E-state index contributed by atoms with van der Waals surface area (Å²) in [5.41, 5.74) is 2.30. The second-order valence-electron chi connectivity index (χ2n) is 4.72. The van der Waals surface area contributed by atoms with Gasteiger partial charge in [0.05, 0.1) is 12.8 Å². The van der Waals surface area contributed by atoms with Gasteiger partial charge in [-0.25, -0.2) is 9.67 Å². The molecule has 0 amide bonds. The highest BCUT2D eigenvalue weighted by molar-refractivity contribution is 5.34. The van der Waals surface area contributed by atoms with Crippen molar-refractivity contribution < 1.29 is 4.74 Å². The topological polar surface area (TPSA) is 64.9 Å². The minimum atomic E-state index is 0.557. The summed E-state index contributed by atoms with van der Waals surface area (Å²) in [7, 11) is 1.59. The maximum absolute atomic E-state index is 5.07. The molecular weight excluding hydrogens is 278 g/mol. The molecule has 0 saturated carbocycles. The Morgan fingerprint density at radius 3 is 2.73 bits per heavy atom. The predicted molar refractivity (Wildman–Crippen MR) is 84.3 cm³/mol. The van der Waals surface area contributed by atoms with E-state index in [1.54, 1.807) is 25.6 Å². The minimum Gasteiger partial charge on any atom is -0.481 e. The molecule has 0 spiro atoms. The van der Waals surface area contributed by atoms with Gasteiger partial charge in [0.15, 0.2) is 0 Å². The van der Waals surface area contributed by atoms with E-state index >= 15 is 0 Å². The molecule has 2 heterocycles. The van der Waals surface area contributed by atoms with Gasteiger partial charge >= 0.3 is 0 Å². The van der Waals surface area contributed by atoms with Gasteiger partial charge in [0, 0.05) is 31.2 Å². The molecule has 1 aromatic carbocycles. The van der Waals surface area contributed by atoms with E-state index < -0.39 is 0 Å². The van der Waals surface area contributed by atoms with Crippen LogP contribution in [0.3, 0.4) is 0 Å². The number of anilines is 1. The molecule has 3 aromatic rings. The Balaban J connectivity index is 1.55. The lowest BCUT2D eigenvalue weighted by Crippen LogP contribution is -2.08. The lowest BCUT2D eigenvalue weighted by Gasteiger charge is -2.07. The van der Waals surface area contributed by atoms with Crippen molar-refractivity contribution in [2.75, 3.05) is 19.0 Å². The van der Waals surface area contributed by atoms with Crippen molar-refractivity contribution >= 4 is 5.95 Å². The highest BCUT2D eigenvalue weighted by Crippen LogP contribution is 2.10. The van der Waals surface area contributed by atoms with E-state index in [4.69, 9.17) is 4.74 Å². The van der Waals surface area contributed by atoms with Crippen molar-refractivity contribution in [1.29, 1.82) is 0 Å². The summed E-state index contributed by atoms with van der Waals surface area (Å²) in [4.78, 5) is 8.37. The van der Waals surface area contributed by atoms with Crippen molar-refractivity contribution in [3.8, 4) is 11.6 Å². The van der Waals surface area contributed by atoms with Crippen molar-refractivity contribution in [3.63, 3.8) is 0 Å². The van der Waals surface area contributed by atoms with Gasteiger partial charge in [-0.2, -0.15) is 10.1 Å². The first-order chi connectivity index (χ1) is 10.8. The summed E-state index contributed by atoms with van der Waals surface area (Å²) in [5, 5.41) is 7.40. The van der Waals surface area contributed by atoms with Gasteiger partial charge in [-0.3, -0.25) is 0 Å². The van der Waals surface area contributed by atoms with E-state index in [0.29, 0.717) is 11.8 Å². The van der Waals surface area contributed by atoms with Crippen LogP contribution in [0.4, 0.5) is 5.95 Å². The van der Waals surface area contributed by atoms with Gasteiger partial charge in [-0.05, 0) is 30.2 Å². The third-order valence-electron chi connectivity index (χ3n) is 3.24. The minimum absolute atomic E-state index is 0.557. The van der Waals surface area contributed by atoms with Crippen LogP contribution in [0.5, 0.6) is 5.88 Å². The number of hydrogen-bond donors (Lipinski definition) is 1. The molecule has 6 nitrogen and oxygen atoms in total. The number of ether oxygens (including phenoxy) is 1. The standard InChI is InChI=1S/C16H17N5O/c1-22-15-8-11-18-16(20-15)17-10-7-13-3-5-14(6-4-13)21-12-2-9-19-21/h2-6,8-9,11-12H,7,10H2,1H3,(H,17,18,20). The molecule has 0 aliphatic rings. The van der Waals surface area contributed by atoms with E-state index in [9.17, 15) is 0 Å². The Labute approximate surface area is 128 Å². The number of hydrogen-bond acceptors (Lipinski definition) is 5. The highest BCUT2D eigenvalue weighted by atomic mass is 16.5. The smallest absolute Gasteiger partial charge is 0.225 e. The van der Waals surface area contributed by atoms with Crippen molar-refractivity contribution in [2.24, 2.45) is 0 Å². The van der Waals surface area contributed by atoms with E-state index in [-0.39, 0.29) is 0 Å². The summed E-state index contributed by atoms with van der Waals surface area (Å²) in [6.45, 7) is 0.758. The highest BCUT2D eigenvalue weighted by Gasteiger charge is 2.00. The Bertz CT molecular complexity index is 710. The maximum Gasteiger partial charge on any atom is 0.225 e. The largest absolute Gasteiger partial charge is 0.481 e. The summed E-state index contributed by atoms with van der Waals surface area (Å²) in [5.74, 6) is 1.13. The van der Waals surface area contributed by atoms with E-state index in [2.05, 4.69) is 44.6 Å². The van der Waals surface area contributed by atoms with Gasteiger partial charge in [0.1, 0.15) is 0 Å². The Morgan fingerprint density at radius 1 is 1.14 bits per heavy atom. The number of nitrogens with one attached hydrogen (secondary N) is 1. The fourth-order valence-corrected chi connectivity index (χ4v) is 2.10. The summed E-state index contributed by atoms with van der Waals surface area (Å²) >= 11 is 0. The molecule has 0 fully saturated rings. The lowest BCUT2D eigenvalue weighted by atomic mass is 10.1. The quantitative estimate of drug-likeness (QED) is 0.756. The average Bonchev–Trinajstić information content (AvgIpc) is 3.10. The average molecular weight is 295 g/mol. The number of rotatable bonds is 6. The lowest BCUT2D eigenvalue weighted by molar-refractivity contribution is 0.397. The molecule has 3 rings (SSSR count). The van der Waals surface area contributed by atoms with Gasteiger partial charge in [0.25, 0.3) is 0 Å². The Hall–Kier alpha value is -2.89. The van der Waals surface area contributed by atoms with Crippen LogP contribution in [0.25, 0.3) is 5.69 Å². The molecule has 1 N–H and O–H groups in total. The molecule has 6 heteroatoms. The molecule has 0 radical (unpaired) electrons. The van der Waals surface area contributed by atoms with Crippen LogP contribution in [0, 0.1) is 0 Å². The maximum atomic E-state index is 5.07. The third-order valence-corrected chi connectivity index (χ3v) is 3.24. The fourth-order valence-electron chi connectivity index (χ4n) is 2.10. The zero-order valence-corrected chi connectivity index (χ0v) is 12.3. The van der Waals surface area contributed by atoms with E-state index in [0.717, 1.165) is 18.7 Å². The summed E-state index contributed by atoms with van der Waals surface area (Å²) in [6.07, 6.45) is 6.26. The van der Waals surface area contributed by atoms with Crippen molar-refractivity contribution in [2.45, 2.75) is 6.42 Å². The first-order valence-electron chi connectivity index (χ1n) is 7.05. The van der Waals surface area contributed by atoms with Gasteiger partial charge in [-0.15, -0.1) is 0 Å². The normalized spacial score (nSPS) is 10.4. The molecule has 0 aliphatic heterocycles. The van der Waals surface area contributed by atoms with Gasteiger partial charge in [-0.1, -0.05) is 12.1 Å². The first-order valence-corrected chi connectivity index (χ1v) is 7.05. The molecule has 22 heavy (non-hydrogen) atoms.